The van der Waals surface area contributed by atoms with Crippen molar-refractivity contribution in [1.29, 1.82) is 0 Å². The van der Waals surface area contributed by atoms with Crippen molar-refractivity contribution in [2.45, 2.75) is 33.1 Å². The van der Waals surface area contributed by atoms with Crippen molar-refractivity contribution in [2.75, 3.05) is 52.4 Å². The number of rotatable bonds is 4. The molecule has 1 unspecified atom stereocenters. The van der Waals surface area contributed by atoms with Crippen LogP contribution in [0.5, 0.6) is 0 Å². The average Bonchev–Trinajstić information content (AvgIpc) is 2.73. The van der Waals surface area contributed by atoms with Gasteiger partial charge in [-0.15, -0.1) is 0 Å². The molecule has 5 nitrogen and oxygen atoms in total. The minimum Gasteiger partial charge on any atom is -0.395 e. The average molecular weight is 297 g/mol. The van der Waals surface area contributed by atoms with E-state index in [1.54, 1.807) is 0 Å². The summed E-state index contributed by atoms with van der Waals surface area (Å²) in [7, 11) is 0. The Labute approximate surface area is 128 Å². The summed E-state index contributed by atoms with van der Waals surface area (Å²) in [5.74, 6) is 0.748. The predicted molar refractivity (Wildman–Crippen MR) is 84.1 cm³/mol. The highest BCUT2D eigenvalue weighted by atomic mass is 16.3. The van der Waals surface area contributed by atoms with E-state index in [-0.39, 0.29) is 12.0 Å². The van der Waals surface area contributed by atoms with Gasteiger partial charge in [0.05, 0.1) is 6.61 Å². The molecule has 2 N–H and O–H groups in total. The Bertz CT molecular complexity index is 340. The SMILES string of the molecule is CC(C)(C(=O)N1CCCN(CCO)CC1)C1CCCNC1. The number of aliphatic hydroxyl groups excluding tert-OH is 1. The second kappa shape index (κ2) is 7.56. The maximum Gasteiger partial charge on any atom is 0.228 e. The molecule has 2 heterocycles. The van der Waals surface area contributed by atoms with Gasteiger partial charge in [0, 0.05) is 31.6 Å². The van der Waals surface area contributed by atoms with E-state index in [2.05, 4.69) is 24.1 Å². The van der Waals surface area contributed by atoms with E-state index in [0.29, 0.717) is 11.8 Å². The van der Waals surface area contributed by atoms with Gasteiger partial charge in [0.1, 0.15) is 0 Å². The van der Waals surface area contributed by atoms with Crippen molar-refractivity contribution in [2.24, 2.45) is 11.3 Å². The van der Waals surface area contributed by atoms with Gasteiger partial charge < -0.3 is 15.3 Å². The fourth-order valence-electron chi connectivity index (χ4n) is 3.59. The van der Waals surface area contributed by atoms with Crippen LogP contribution in [0.4, 0.5) is 0 Å². The van der Waals surface area contributed by atoms with Gasteiger partial charge in [0.15, 0.2) is 0 Å². The van der Waals surface area contributed by atoms with E-state index in [0.717, 1.165) is 58.7 Å². The van der Waals surface area contributed by atoms with Gasteiger partial charge in [-0.3, -0.25) is 9.69 Å². The minimum absolute atomic E-state index is 0.202. The lowest BCUT2D eigenvalue weighted by Crippen LogP contribution is -2.49. The summed E-state index contributed by atoms with van der Waals surface area (Å²) in [6, 6.07) is 0. The number of nitrogens with zero attached hydrogens (tertiary/aromatic N) is 2. The quantitative estimate of drug-likeness (QED) is 0.795. The first-order valence-corrected chi connectivity index (χ1v) is 8.39. The van der Waals surface area contributed by atoms with Crippen molar-refractivity contribution in [3.05, 3.63) is 0 Å². The van der Waals surface area contributed by atoms with E-state index >= 15 is 0 Å². The summed E-state index contributed by atoms with van der Waals surface area (Å²) in [6.45, 7) is 10.7. The smallest absolute Gasteiger partial charge is 0.228 e. The molecule has 1 atom stereocenters. The van der Waals surface area contributed by atoms with Gasteiger partial charge in [-0.1, -0.05) is 13.8 Å². The highest BCUT2D eigenvalue weighted by molar-refractivity contribution is 5.82. The summed E-state index contributed by atoms with van der Waals surface area (Å²) >= 11 is 0. The van der Waals surface area contributed by atoms with Gasteiger partial charge in [0.2, 0.25) is 5.91 Å². The molecule has 21 heavy (non-hydrogen) atoms. The Balaban J connectivity index is 1.94. The van der Waals surface area contributed by atoms with Gasteiger partial charge in [-0.25, -0.2) is 0 Å². The van der Waals surface area contributed by atoms with E-state index in [4.69, 9.17) is 5.11 Å². The van der Waals surface area contributed by atoms with Crippen LogP contribution in [0, 0.1) is 11.3 Å². The standard InChI is InChI=1S/C16H31N3O2/c1-16(2,14-5-3-6-17-13-14)15(21)19-8-4-7-18(9-10-19)11-12-20/h14,17,20H,3-13H2,1-2H3. The third-order valence-corrected chi connectivity index (χ3v) is 5.16. The van der Waals surface area contributed by atoms with Crippen LogP contribution in [0.15, 0.2) is 0 Å². The number of carbonyl (C=O) groups is 1. The van der Waals surface area contributed by atoms with Crippen LogP contribution >= 0.6 is 0 Å². The first-order chi connectivity index (χ1) is 10.1. The Morgan fingerprint density at radius 1 is 1.24 bits per heavy atom. The Kier molecular flexibility index (Phi) is 6.02. The number of β-amino-alcohol motifs (C(OH)–C–C–N with tert-alkyl or cyclic N) is 1. The zero-order valence-corrected chi connectivity index (χ0v) is 13.6. The predicted octanol–water partition coefficient (Wildman–Crippen LogP) is 0.539. The summed E-state index contributed by atoms with van der Waals surface area (Å²) in [5, 5.41) is 12.5. The molecule has 0 aromatic carbocycles. The van der Waals surface area contributed by atoms with E-state index in [9.17, 15) is 4.79 Å². The Morgan fingerprint density at radius 2 is 2.05 bits per heavy atom. The van der Waals surface area contributed by atoms with Gasteiger partial charge in [0.25, 0.3) is 0 Å². The van der Waals surface area contributed by atoms with Crippen LogP contribution in [0.25, 0.3) is 0 Å². The molecule has 0 aromatic rings. The molecule has 0 spiro atoms. The van der Waals surface area contributed by atoms with Gasteiger partial charge in [-0.05, 0) is 44.8 Å². The number of nitrogens with one attached hydrogen (secondary N) is 1. The van der Waals surface area contributed by atoms with Crippen LogP contribution in [-0.4, -0.2) is 73.2 Å². The molecular weight excluding hydrogens is 266 g/mol. The highest BCUT2D eigenvalue weighted by Gasteiger charge is 2.40. The van der Waals surface area contributed by atoms with Crippen molar-refractivity contribution in [3.8, 4) is 0 Å². The molecule has 2 fully saturated rings. The maximum atomic E-state index is 13.0. The molecule has 2 aliphatic heterocycles. The number of amides is 1. The van der Waals surface area contributed by atoms with E-state index in [1.807, 2.05) is 4.90 Å². The Hall–Kier alpha value is -0.650. The normalized spacial score (nSPS) is 25.7. The zero-order valence-electron chi connectivity index (χ0n) is 13.6. The largest absolute Gasteiger partial charge is 0.395 e. The number of aliphatic hydroxyl groups is 1. The van der Waals surface area contributed by atoms with Crippen molar-refractivity contribution < 1.29 is 9.90 Å². The molecule has 2 aliphatic rings. The topological polar surface area (TPSA) is 55.8 Å². The second-order valence-electron chi connectivity index (χ2n) is 6.98. The maximum absolute atomic E-state index is 13.0. The molecule has 2 saturated heterocycles. The molecule has 2 rings (SSSR count). The molecule has 5 heteroatoms. The lowest BCUT2D eigenvalue weighted by Gasteiger charge is -2.39. The molecule has 0 aromatic heterocycles. The van der Waals surface area contributed by atoms with Crippen molar-refractivity contribution in [1.82, 2.24) is 15.1 Å². The molecule has 1 amide bonds. The molecule has 0 radical (unpaired) electrons. The second-order valence-corrected chi connectivity index (χ2v) is 6.98. The van der Waals surface area contributed by atoms with Crippen molar-refractivity contribution >= 4 is 5.91 Å². The zero-order chi connectivity index (χ0) is 15.3. The first kappa shape index (κ1) is 16.7. The number of carbonyl (C=O) groups excluding carboxylic acids is 1. The van der Waals surface area contributed by atoms with E-state index < -0.39 is 0 Å². The summed E-state index contributed by atoms with van der Waals surface area (Å²) in [6.07, 6.45) is 3.33. The van der Waals surface area contributed by atoms with Gasteiger partial charge >= 0.3 is 0 Å². The highest BCUT2D eigenvalue weighted by Crippen LogP contribution is 2.34. The van der Waals surface area contributed by atoms with Crippen molar-refractivity contribution in [3.63, 3.8) is 0 Å². The summed E-state index contributed by atoms with van der Waals surface area (Å²) in [4.78, 5) is 17.3. The lowest BCUT2D eigenvalue weighted by atomic mass is 9.74. The van der Waals surface area contributed by atoms with Gasteiger partial charge in [-0.2, -0.15) is 0 Å². The third-order valence-electron chi connectivity index (χ3n) is 5.16. The number of piperidine rings is 1. The van der Waals surface area contributed by atoms with Crippen LogP contribution in [0.1, 0.15) is 33.1 Å². The molecule has 0 bridgehead atoms. The monoisotopic (exact) mass is 297 g/mol. The fourth-order valence-corrected chi connectivity index (χ4v) is 3.59. The van der Waals surface area contributed by atoms with Crippen LogP contribution in [-0.2, 0) is 4.79 Å². The fraction of sp³-hybridized carbons (Fsp3) is 0.938. The number of hydrogen-bond acceptors (Lipinski definition) is 4. The van der Waals surface area contributed by atoms with Crippen LogP contribution in [0.3, 0.4) is 0 Å². The third kappa shape index (κ3) is 4.18. The molecule has 0 aliphatic carbocycles. The lowest BCUT2D eigenvalue weighted by molar-refractivity contribution is -0.143. The summed E-state index contributed by atoms with van der Waals surface area (Å²) < 4.78 is 0. The first-order valence-electron chi connectivity index (χ1n) is 8.39. The number of hydrogen-bond donors (Lipinski definition) is 2. The minimum atomic E-state index is -0.278. The van der Waals surface area contributed by atoms with Crippen LogP contribution in [0.2, 0.25) is 0 Å². The molecule has 0 saturated carbocycles. The molecular formula is C16H31N3O2. The Morgan fingerprint density at radius 3 is 2.71 bits per heavy atom. The van der Waals surface area contributed by atoms with E-state index in [1.165, 1.54) is 6.42 Å². The van der Waals surface area contributed by atoms with Crippen LogP contribution < -0.4 is 5.32 Å². The summed E-state index contributed by atoms with van der Waals surface area (Å²) in [5.41, 5.74) is -0.278. The molecule has 122 valence electrons.